The third kappa shape index (κ3) is 3.54. The Morgan fingerprint density at radius 2 is 2.03 bits per heavy atom. The van der Waals surface area contributed by atoms with Crippen LogP contribution in [0.2, 0.25) is 0 Å². The number of para-hydroxylation sites is 1. The SMILES string of the molecule is CCOc1cc([C@@H]2N(C(C)=O)c3ccccc3-c3c(=O)[nH]c(SC)n[n+]32)ccc1OC. The molecule has 0 fully saturated rings. The highest BCUT2D eigenvalue weighted by Gasteiger charge is 2.45. The molecule has 31 heavy (non-hydrogen) atoms. The summed E-state index contributed by atoms with van der Waals surface area (Å²) in [5.74, 6) is 0.976. The summed E-state index contributed by atoms with van der Waals surface area (Å²) in [4.78, 5) is 30.4. The third-order valence-corrected chi connectivity index (χ3v) is 5.65. The molecule has 0 spiro atoms. The first-order valence-electron chi connectivity index (χ1n) is 9.80. The predicted molar refractivity (Wildman–Crippen MR) is 118 cm³/mol. The van der Waals surface area contributed by atoms with E-state index in [-0.39, 0.29) is 11.5 Å². The number of hydrogen-bond donors (Lipinski definition) is 1. The van der Waals surface area contributed by atoms with E-state index in [1.54, 1.807) is 22.8 Å². The van der Waals surface area contributed by atoms with Gasteiger partial charge in [-0.3, -0.25) is 14.6 Å². The molecule has 2 aromatic carbocycles. The van der Waals surface area contributed by atoms with Gasteiger partial charge in [-0.15, -0.1) is 0 Å². The highest BCUT2D eigenvalue weighted by atomic mass is 32.2. The molecule has 8 nitrogen and oxygen atoms in total. The van der Waals surface area contributed by atoms with E-state index in [9.17, 15) is 9.59 Å². The van der Waals surface area contributed by atoms with Crippen LogP contribution in [0.4, 0.5) is 5.69 Å². The maximum atomic E-state index is 13.1. The second-order valence-electron chi connectivity index (χ2n) is 6.88. The number of thioether (sulfide) groups is 1. The number of benzene rings is 2. The Kier molecular flexibility index (Phi) is 5.69. The number of nitrogens with zero attached hydrogens (tertiary/aromatic N) is 3. The molecule has 0 aliphatic carbocycles. The highest BCUT2D eigenvalue weighted by molar-refractivity contribution is 7.98. The van der Waals surface area contributed by atoms with Gasteiger partial charge in [-0.1, -0.05) is 23.9 Å². The molecule has 0 saturated heterocycles. The van der Waals surface area contributed by atoms with Crippen LogP contribution in [0.5, 0.6) is 11.5 Å². The van der Waals surface area contributed by atoms with Crippen LogP contribution in [0.3, 0.4) is 0 Å². The minimum absolute atomic E-state index is 0.169. The number of amides is 1. The van der Waals surface area contributed by atoms with Crippen LogP contribution < -0.4 is 24.6 Å². The smallest absolute Gasteiger partial charge is 0.325 e. The molecule has 1 atom stereocenters. The molecular formula is C22H23N4O4S+. The molecule has 0 radical (unpaired) electrons. The van der Waals surface area contributed by atoms with Crippen molar-refractivity contribution in [1.82, 2.24) is 10.1 Å². The lowest BCUT2D eigenvalue weighted by Gasteiger charge is -2.31. The number of carbonyl (C=O) groups is 1. The Morgan fingerprint density at radius 3 is 2.71 bits per heavy atom. The van der Waals surface area contributed by atoms with E-state index in [0.717, 1.165) is 5.56 Å². The van der Waals surface area contributed by atoms with Crippen LogP contribution in [0, 0.1) is 0 Å². The van der Waals surface area contributed by atoms with E-state index in [0.29, 0.717) is 40.2 Å². The summed E-state index contributed by atoms with van der Waals surface area (Å²) in [6.45, 7) is 3.85. The van der Waals surface area contributed by atoms with Crippen LogP contribution in [-0.4, -0.2) is 36.0 Å². The summed E-state index contributed by atoms with van der Waals surface area (Å²) in [7, 11) is 1.58. The average Bonchev–Trinajstić information content (AvgIpc) is 2.77. The van der Waals surface area contributed by atoms with Crippen LogP contribution in [0.25, 0.3) is 11.3 Å². The van der Waals surface area contributed by atoms with E-state index in [1.807, 2.05) is 49.6 Å². The Hall–Kier alpha value is -3.33. The molecule has 2 heterocycles. The van der Waals surface area contributed by atoms with E-state index >= 15 is 0 Å². The fraction of sp³-hybridized carbons (Fsp3) is 0.273. The van der Waals surface area contributed by atoms with Gasteiger partial charge in [-0.25, -0.2) is 4.90 Å². The van der Waals surface area contributed by atoms with Gasteiger partial charge in [0, 0.05) is 17.6 Å². The molecule has 1 aromatic heterocycles. The van der Waals surface area contributed by atoms with Crippen molar-refractivity contribution >= 4 is 23.4 Å². The highest BCUT2D eigenvalue weighted by Crippen LogP contribution is 2.39. The Labute approximate surface area is 183 Å². The number of carbonyl (C=O) groups excluding carboxylic acids is 1. The van der Waals surface area contributed by atoms with Crippen molar-refractivity contribution < 1.29 is 19.0 Å². The fourth-order valence-electron chi connectivity index (χ4n) is 3.83. The first-order chi connectivity index (χ1) is 15.0. The summed E-state index contributed by atoms with van der Waals surface area (Å²) in [5, 5.41) is 5.12. The zero-order chi connectivity index (χ0) is 22.1. The molecule has 1 N–H and O–H groups in total. The average molecular weight is 440 g/mol. The van der Waals surface area contributed by atoms with Crippen LogP contribution >= 0.6 is 11.8 Å². The topological polar surface area (TPSA) is 88.4 Å². The van der Waals surface area contributed by atoms with Crippen molar-refractivity contribution in [2.75, 3.05) is 24.9 Å². The third-order valence-electron chi connectivity index (χ3n) is 5.08. The summed E-state index contributed by atoms with van der Waals surface area (Å²) < 4.78 is 12.8. The second-order valence-corrected chi connectivity index (χ2v) is 7.67. The number of aromatic nitrogens is 3. The molecule has 1 amide bonds. The summed E-state index contributed by atoms with van der Waals surface area (Å²) in [6, 6.07) is 12.8. The molecule has 4 rings (SSSR count). The van der Waals surface area contributed by atoms with E-state index < -0.39 is 6.17 Å². The maximum absolute atomic E-state index is 13.1. The van der Waals surface area contributed by atoms with Crippen LogP contribution in [0.1, 0.15) is 25.6 Å². The quantitative estimate of drug-likeness (QED) is 0.486. The Bertz CT molecular complexity index is 1210. The molecule has 160 valence electrons. The number of nitrogens with one attached hydrogen (secondary N) is 1. The van der Waals surface area contributed by atoms with Gasteiger partial charge in [-0.2, -0.15) is 0 Å². The van der Waals surface area contributed by atoms with Gasteiger partial charge in [0.25, 0.3) is 6.17 Å². The summed E-state index contributed by atoms with van der Waals surface area (Å²) in [6.07, 6.45) is 1.17. The standard InChI is InChI=1S/C22H22N4O4S/c1-5-30-18-12-14(10-11-17(18)29-3)21-25(13(2)27)16-9-7-6-8-15(16)19-20(28)23-22(31-4)24-26(19)21/h6-12,21H,5H2,1-4H3/p+1/t21-/m1/s1. The van der Waals surface area contributed by atoms with Crippen LogP contribution in [0.15, 0.2) is 52.4 Å². The van der Waals surface area contributed by atoms with Gasteiger partial charge in [0.1, 0.15) is 0 Å². The van der Waals surface area contributed by atoms with Crippen molar-refractivity contribution in [3.63, 3.8) is 0 Å². The molecule has 0 bridgehead atoms. The van der Waals surface area contributed by atoms with Crippen molar-refractivity contribution in [1.29, 1.82) is 0 Å². The number of H-pyrrole nitrogens is 1. The minimum Gasteiger partial charge on any atom is -0.493 e. The Balaban J connectivity index is 2.04. The van der Waals surface area contributed by atoms with Gasteiger partial charge >= 0.3 is 11.3 Å². The van der Waals surface area contributed by atoms with Crippen molar-refractivity contribution in [3.05, 3.63) is 58.4 Å². The lowest BCUT2D eigenvalue weighted by atomic mass is 10.0. The zero-order valence-corrected chi connectivity index (χ0v) is 18.5. The number of fused-ring (bicyclic) bond motifs is 3. The summed E-state index contributed by atoms with van der Waals surface area (Å²) >= 11 is 1.33. The van der Waals surface area contributed by atoms with Crippen molar-refractivity contribution in [2.24, 2.45) is 0 Å². The van der Waals surface area contributed by atoms with Gasteiger partial charge in [0.2, 0.25) is 11.1 Å². The van der Waals surface area contributed by atoms with Crippen LogP contribution in [-0.2, 0) is 4.79 Å². The van der Waals surface area contributed by atoms with Gasteiger partial charge in [0.05, 0.1) is 25.0 Å². The number of rotatable bonds is 5. The first kappa shape index (κ1) is 20.9. The summed E-state index contributed by atoms with van der Waals surface area (Å²) in [5.41, 5.74) is 2.17. The predicted octanol–water partition coefficient (Wildman–Crippen LogP) is 2.77. The largest absolute Gasteiger partial charge is 0.493 e. The molecule has 0 unspecified atom stereocenters. The van der Waals surface area contributed by atoms with Crippen molar-refractivity contribution in [3.8, 4) is 22.8 Å². The molecule has 9 heteroatoms. The lowest BCUT2D eigenvalue weighted by Crippen LogP contribution is -2.60. The van der Waals surface area contributed by atoms with Gasteiger partial charge in [0.15, 0.2) is 11.5 Å². The zero-order valence-electron chi connectivity index (χ0n) is 17.7. The molecule has 1 aliphatic rings. The van der Waals surface area contributed by atoms with Gasteiger partial charge < -0.3 is 9.47 Å². The normalized spacial score (nSPS) is 14.6. The van der Waals surface area contributed by atoms with Crippen molar-refractivity contribution in [2.45, 2.75) is 25.2 Å². The lowest BCUT2D eigenvalue weighted by molar-refractivity contribution is -0.763. The number of methoxy groups -OCH3 is 1. The minimum atomic E-state index is -0.666. The van der Waals surface area contributed by atoms with E-state index in [2.05, 4.69) is 10.1 Å². The molecule has 1 aliphatic heterocycles. The molecule has 3 aromatic rings. The number of anilines is 1. The van der Waals surface area contributed by atoms with E-state index in [1.165, 1.54) is 18.7 Å². The molecular weight excluding hydrogens is 416 g/mol. The van der Waals surface area contributed by atoms with Gasteiger partial charge in [-0.05, 0) is 48.2 Å². The number of aromatic amines is 1. The molecule has 0 saturated carbocycles. The van der Waals surface area contributed by atoms with E-state index in [4.69, 9.17) is 9.47 Å². The first-order valence-corrected chi connectivity index (χ1v) is 11.0. The monoisotopic (exact) mass is 439 g/mol. The number of hydrogen-bond acceptors (Lipinski definition) is 6. The second kappa shape index (κ2) is 8.43. The fourth-order valence-corrected chi connectivity index (χ4v) is 4.19. The number of ether oxygens (including phenoxy) is 2. The maximum Gasteiger partial charge on any atom is 0.325 e. The Morgan fingerprint density at radius 1 is 1.26 bits per heavy atom.